The van der Waals surface area contributed by atoms with Gasteiger partial charge in [0.1, 0.15) is 0 Å². The fourth-order valence-corrected chi connectivity index (χ4v) is 1.04. The molecule has 1 N–H and O–H groups in total. The minimum atomic E-state index is 0.0352. The average Bonchev–Trinajstić information content (AvgIpc) is 2.52. The van der Waals surface area contributed by atoms with E-state index >= 15 is 0 Å². The molecule has 0 aliphatic rings. The number of hydrogen-bond donors (Lipinski definition) is 1. The molecule has 0 aliphatic carbocycles. The maximum Gasteiger partial charge on any atom is 0.0878 e. The van der Waals surface area contributed by atoms with E-state index in [9.17, 15) is 0 Å². The summed E-state index contributed by atoms with van der Waals surface area (Å²) in [6.07, 6.45) is 3.08. The van der Waals surface area contributed by atoms with Gasteiger partial charge in [0.05, 0.1) is 12.3 Å². The summed E-state index contributed by atoms with van der Waals surface area (Å²) < 4.78 is 1.89. The fourth-order valence-electron chi connectivity index (χ4n) is 1.04. The highest BCUT2D eigenvalue weighted by atomic mass is 16.3. The van der Waals surface area contributed by atoms with Crippen molar-refractivity contribution in [2.24, 2.45) is 5.92 Å². The van der Waals surface area contributed by atoms with E-state index in [1.807, 2.05) is 16.9 Å². The van der Waals surface area contributed by atoms with Gasteiger partial charge in [0.15, 0.2) is 0 Å². The van der Waals surface area contributed by atoms with Gasteiger partial charge in [0.25, 0.3) is 0 Å². The molecule has 3 nitrogen and oxygen atoms in total. The van der Waals surface area contributed by atoms with Gasteiger partial charge in [0, 0.05) is 12.7 Å². The molecule has 0 aromatic carbocycles. The zero-order chi connectivity index (χ0) is 8.97. The Hall–Kier alpha value is -0.830. The zero-order valence-electron chi connectivity index (χ0n) is 7.70. The molecule has 1 atom stereocenters. The molecular weight excluding hydrogens is 152 g/mol. The van der Waals surface area contributed by atoms with E-state index < -0.39 is 0 Å². The summed E-state index contributed by atoms with van der Waals surface area (Å²) in [6.45, 7) is 5.34. The van der Waals surface area contributed by atoms with Crippen LogP contribution in [0.15, 0.2) is 12.3 Å². The second kappa shape index (κ2) is 4.26. The van der Waals surface area contributed by atoms with Crippen molar-refractivity contribution >= 4 is 0 Å². The van der Waals surface area contributed by atoms with Gasteiger partial charge in [-0.3, -0.25) is 4.68 Å². The van der Waals surface area contributed by atoms with Gasteiger partial charge in [0.2, 0.25) is 0 Å². The van der Waals surface area contributed by atoms with Crippen molar-refractivity contribution < 1.29 is 5.11 Å². The summed E-state index contributed by atoms with van der Waals surface area (Å²) >= 11 is 0. The first kappa shape index (κ1) is 9.26. The molecule has 1 rings (SSSR count). The average molecular weight is 168 g/mol. The number of aliphatic hydroxyl groups is 1. The Labute approximate surface area is 73.0 Å². The van der Waals surface area contributed by atoms with Crippen molar-refractivity contribution in [3.05, 3.63) is 18.0 Å². The molecule has 0 amide bonds. The lowest BCUT2D eigenvalue weighted by Crippen LogP contribution is -2.07. The normalized spacial score (nSPS) is 13.2. The molecule has 1 aromatic rings. The quantitative estimate of drug-likeness (QED) is 0.738. The van der Waals surface area contributed by atoms with Gasteiger partial charge >= 0.3 is 0 Å². The van der Waals surface area contributed by atoms with Crippen molar-refractivity contribution in [1.29, 1.82) is 0 Å². The first-order valence-electron chi connectivity index (χ1n) is 4.39. The van der Waals surface area contributed by atoms with Crippen LogP contribution in [0.1, 0.15) is 26.0 Å². The molecule has 68 valence electrons. The van der Waals surface area contributed by atoms with Crippen LogP contribution in [-0.4, -0.2) is 14.9 Å². The lowest BCUT2D eigenvalue weighted by Gasteiger charge is -2.07. The van der Waals surface area contributed by atoms with E-state index in [2.05, 4.69) is 18.9 Å². The van der Waals surface area contributed by atoms with E-state index in [0.717, 1.165) is 18.7 Å². The van der Waals surface area contributed by atoms with Gasteiger partial charge in [-0.25, -0.2) is 0 Å². The van der Waals surface area contributed by atoms with Crippen LogP contribution in [0.3, 0.4) is 0 Å². The predicted molar refractivity (Wildman–Crippen MR) is 47.6 cm³/mol. The molecule has 1 aromatic heterocycles. The number of rotatable bonds is 4. The monoisotopic (exact) mass is 168 g/mol. The topological polar surface area (TPSA) is 38.0 Å². The van der Waals surface area contributed by atoms with Crippen molar-refractivity contribution in [2.45, 2.75) is 33.4 Å². The van der Waals surface area contributed by atoms with Crippen LogP contribution < -0.4 is 0 Å². The van der Waals surface area contributed by atoms with Crippen LogP contribution in [0.25, 0.3) is 0 Å². The minimum absolute atomic E-state index is 0.0352. The lowest BCUT2D eigenvalue weighted by molar-refractivity contribution is 0.274. The molecule has 0 saturated carbocycles. The summed E-state index contributed by atoms with van der Waals surface area (Å²) in [4.78, 5) is 0. The van der Waals surface area contributed by atoms with Crippen LogP contribution >= 0.6 is 0 Å². The van der Waals surface area contributed by atoms with Crippen LogP contribution in [0.4, 0.5) is 0 Å². The lowest BCUT2D eigenvalue weighted by atomic mass is 10.1. The standard InChI is InChI=1S/C9H16N2O/c1-3-8(2)6-11-5-4-9(7-12)10-11/h4-5,8,12H,3,6-7H2,1-2H3. The van der Waals surface area contributed by atoms with E-state index in [4.69, 9.17) is 5.11 Å². The molecule has 1 unspecified atom stereocenters. The summed E-state index contributed by atoms with van der Waals surface area (Å²) in [6, 6.07) is 1.85. The smallest absolute Gasteiger partial charge is 0.0878 e. The molecule has 1 heterocycles. The van der Waals surface area contributed by atoms with Crippen LogP contribution in [-0.2, 0) is 13.2 Å². The highest BCUT2D eigenvalue weighted by Crippen LogP contribution is 2.04. The van der Waals surface area contributed by atoms with E-state index in [-0.39, 0.29) is 6.61 Å². The van der Waals surface area contributed by atoms with Gasteiger partial charge in [-0.2, -0.15) is 5.10 Å². The number of aromatic nitrogens is 2. The van der Waals surface area contributed by atoms with E-state index in [0.29, 0.717) is 5.92 Å². The summed E-state index contributed by atoms with van der Waals surface area (Å²) in [5, 5.41) is 12.9. The minimum Gasteiger partial charge on any atom is -0.390 e. The Balaban J connectivity index is 2.52. The van der Waals surface area contributed by atoms with Gasteiger partial charge in [-0.15, -0.1) is 0 Å². The second-order valence-electron chi connectivity index (χ2n) is 3.20. The fraction of sp³-hybridized carbons (Fsp3) is 0.667. The van der Waals surface area contributed by atoms with Gasteiger partial charge < -0.3 is 5.11 Å². The zero-order valence-corrected chi connectivity index (χ0v) is 7.70. The highest BCUT2D eigenvalue weighted by Gasteiger charge is 2.01. The Kier molecular flexibility index (Phi) is 3.29. The molecule has 0 bridgehead atoms. The molecule has 0 aliphatic heterocycles. The highest BCUT2D eigenvalue weighted by molar-refractivity contribution is 4.96. The predicted octanol–water partition coefficient (Wildman–Crippen LogP) is 1.42. The third kappa shape index (κ3) is 2.34. The Morgan fingerprint density at radius 3 is 2.92 bits per heavy atom. The van der Waals surface area contributed by atoms with Crippen LogP contribution in [0, 0.1) is 5.92 Å². The maximum atomic E-state index is 8.77. The molecule has 0 radical (unpaired) electrons. The van der Waals surface area contributed by atoms with E-state index in [1.54, 1.807) is 0 Å². The second-order valence-corrected chi connectivity index (χ2v) is 3.20. The molecule has 3 heteroatoms. The third-order valence-corrected chi connectivity index (χ3v) is 2.05. The maximum absolute atomic E-state index is 8.77. The largest absolute Gasteiger partial charge is 0.390 e. The number of hydrogen-bond acceptors (Lipinski definition) is 2. The Morgan fingerprint density at radius 2 is 2.42 bits per heavy atom. The van der Waals surface area contributed by atoms with Crippen molar-refractivity contribution in [3.8, 4) is 0 Å². The SMILES string of the molecule is CCC(C)Cn1ccc(CO)n1. The summed E-state index contributed by atoms with van der Waals surface area (Å²) in [5.74, 6) is 0.649. The first-order chi connectivity index (χ1) is 5.76. The molecular formula is C9H16N2O. The van der Waals surface area contributed by atoms with Gasteiger partial charge in [-0.05, 0) is 12.0 Å². The summed E-state index contributed by atoms with van der Waals surface area (Å²) in [5.41, 5.74) is 0.748. The number of aliphatic hydroxyl groups excluding tert-OH is 1. The molecule has 0 saturated heterocycles. The van der Waals surface area contributed by atoms with Crippen LogP contribution in [0.5, 0.6) is 0 Å². The Morgan fingerprint density at radius 1 is 1.67 bits per heavy atom. The van der Waals surface area contributed by atoms with Crippen molar-refractivity contribution in [1.82, 2.24) is 9.78 Å². The number of nitrogens with zero attached hydrogens (tertiary/aromatic N) is 2. The van der Waals surface area contributed by atoms with Crippen molar-refractivity contribution in [3.63, 3.8) is 0 Å². The third-order valence-electron chi connectivity index (χ3n) is 2.05. The first-order valence-corrected chi connectivity index (χ1v) is 4.39. The molecule has 0 spiro atoms. The molecule has 0 fully saturated rings. The Bertz CT molecular complexity index is 232. The van der Waals surface area contributed by atoms with E-state index in [1.165, 1.54) is 0 Å². The van der Waals surface area contributed by atoms with Crippen molar-refractivity contribution in [2.75, 3.05) is 0 Å². The van der Waals surface area contributed by atoms with Crippen LogP contribution in [0.2, 0.25) is 0 Å². The molecule has 12 heavy (non-hydrogen) atoms. The van der Waals surface area contributed by atoms with Gasteiger partial charge in [-0.1, -0.05) is 20.3 Å². The summed E-state index contributed by atoms with van der Waals surface area (Å²) in [7, 11) is 0.